The minimum Gasteiger partial charge on any atom is -0.332 e. The van der Waals surface area contributed by atoms with Crippen molar-refractivity contribution in [1.82, 2.24) is 14.9 Å². The minimum absolute atomic E-state index is 0.0349. The fourth-order valence-corrected chi connectivity index (χ4v) is 4.17. The summed E-state index contributed by atoms with van der Waals surface area (Å²) < 4.78 is 0. The lowest BCUT2D eigenvalue weighted by molar-refractivity contribution is -0.902. The Morgan fingerprint density at radius 2 is 2.05 bits per heavy atom. The largest absolute Gasteiger partial charge is 0.332 e. The van der Waals surface area contributed by atoms with Gasteiger partial charge in [-0.25, -0.2) is 4.98 Å². The van der Waals surface area contributed by atoms with Gasteiger partial charge in [-0.2, -0.15) is 0 Å². The van der Waals surface area contributed by atoms with Gasteiger partial charge in [-0.3, -0.25) is 9.59 Å². The number of H-pyrrole nitrogens is 1. The van der Waals surface area contributed by atoms with Crippen LogP contribution in [0.15, 0.2) is 4.79 Å². The number of thiophene rings is 1. The van der Waals surface area contributed by atoms with Gasteiger partial charge in [0.05, 0.1) is 43.0 Å². The number of amides is 1. The highest BCUT2D eigenvalue weighted by molar-refractivity contribution is 7.20. The number of rotatable bonds is 2. The maximum atomic E-state index is 12.8. The molecule has 2 aromatic rings. The molecule has 1 fully saturated rings. The fraction of sp³-hybridized carbons (Fsp3) is 0.533. The number of hydrogen-bond donors (Lipinski definition) is 2. The Labute approximate surface area is 132 Å². The zero-order chi connectivity index (χ0) is 15.9. The quantitative estimate of drug-likeness (QED) is 0.815. The Balaban J connectivity index is 1.93. The van der Waals surface area contributed by atoms with Crippen LogP contribution in [0.4, 0.5) is 0 Å². The van der Waals surface area contributed by atoms with Crippen molar-refractivity contribution in [3.63, 3.8) is 0 Å². The first kappa shape index (κ1) is 15.2. The zero-order valence-electron chi connectivity index (χ0n) is 13.2. The van der Waals surface area contributed by atoms with E-state index in [2.05, 4.69) is 16.9 Å². The van der Waals surface area contributed by atoms with Crippen LogP contribution in [0.2, 0.25) is 0 Å². The number of aromatic amines is 1. The van der Waals surface area contributed by atoms with Crippen LogP contribution in [0.1, 0.15) is 28.0 Å². The monoisotopic (exact) mass is 321 g/mol. The molecule has 1 amide bonds. The highest BCUT2D eigenvalue weighted by Gasteiger charge is 2.27. The normalized spacial score (nSPS) is 16.4. The summed E-state index contributed by atoms with van der Waals surface area (Å²) in [6, 6.07) is 0. The first-order valence-electron chi connectivity index (χ1n) is 7.64. The lowest BCUT2D eigenvalue weighted by Crippen LogP contribution is -3.14. The van der Waals surface area contributed by atoms with Crippen LogP contribution in [-0.2, 0) is 0 Å². The van der Waals surface area contributed by atoms with Crippen LogP contribution in [-0.4, -0.2) is 53.5 Å². The molecule has 0 unspecified atom stereocenters. The van der Waals surface area contributed by atoms with E-state index in [4.69, 9.17) is 0 Å². The molecular weight excluding hydrogens is 300 g/mol. The van der Waals surface area contributed by atoms with Crippen molar-refractivity contribution in [2.45, 2.75) is 20.8 Å². The number of nitrogens with one attached hydrogen (secondary N) is 2. The van der Waals surface area contributed by atoms with Gasteiger partial charge in [0, 0.05) is 0 Å². The van der Waals surface area contributed by atoms with E-state index in [0.29, 0.717) is 20.9 Å². The molecule has 0 bridgehead atoms. The number of piperazine rings is 1. The van der Waals surface area contributed by atoms with Crippen LogP contribution < -0.4 is 10.5 Å². The van der Waals surface area contributed by atoms with Crippen molar-refractivity contribution in [2.24, 2.45) is 0 Å². The first-order valence-corrected chi connectivity index (χ1v) is 8.45. The lowest BCUT2D eigenvalue weighted by Gasteiger charge is -2.31. The van der Waals surface area contributed by atoms with Crippen LogP contribution in [0, 0.1) is 13.8 Å². The highest BCUT2D eigenvalue weighted by Crippen LogP contribution is 2.28. The summed E-state index contributed by atoms with van der Waals surface area (Å²) >= 11 is 1.33. The number of likely N-dealkylation sites (N-methyl/N-ethyl adjacent to an activating group) is 1. The van der Waals surface area contributed by atoms with Crippen molar-refractivity contribution < 1.29 is 9.69 Å². The summed E-state index contributed by atoms with van der Waals surface area (Å²) in [6.07, 6.45) is 0. The summed E-state index contributed by atoms with van der Waals surface area (Å²) in [5, 5.41) is 0.553. The van der Waals surface area contributed by atoms with Gasteiger partial charge in [-0.05, 0) is 26.3 Å². The third kappa shape index (κ3) is 2.55. The topological polar surface area (TPSA) is 70.5 Å². The van der Waals surface area contributed by atoms with Gasteiger partial charge in [0.15, 0.2) is 0 Å². The molecular formula is C15H21N4O2S+. The van der Waals surface area contributed by atoms with E-state index < -0.39 is 0 Å². The van der Waals surface area contributed by atoms with Gasteiger partial charge >= 0.3 is 0 Å². The van der Waals surface area contributed by atoms with Crippen LogP contribution >= 0.6 is 11.3 Å². The van der Waals surface area contributed by atoms with E-state index in [0.717, 1.165) is 38.3 Å². The molecule has 2 aromatic heterocycles. The van der Waals surface area contributed by atoms with E-state index in [9.17, 15) is 9.59 Å². The molecule has 0 radical (unpaired) electrons. The molecule has 0 aromatic carbocycles. The van der Waals surface area contributed by atoms with Gasteiger partial charge in [0.1, 0.15) is 10.7 Å². The van der Waals surface area contributed by atoms with Crippen molar-refractivity contribution in [2.75, 3.05) is 32.7 Å². The molecule has 1 saturated heterocycles. The minimum atomic E-state index is -0.157. The molecule has 3 rings (SSSR count). The third-order valence-corrected chi connectivity index (χ3v) is 5.54. The van der Waals surface area contributed by atoms with Crippen LogP contribution in [0.5, 0.6) is 0 Å². The van der Waals surface area contributed by atoms with Crippen molar-refractivity contribution in [1.29, 1.82) is 0 Å². The average Bonchev–Trinajstić information content (AvgIpc) is 2.83. The van der Waals surface area contributed by atoms with Gasteiger partial charge in [0.2, 0.25) is 0 Å². The molecule has 3 heterocycles. The van der Waals surface area contributed by atoms with Crippen LogP contribution in [0.25, 0.3) is 10.2 Å². The van der Waals surface area contributed by atoms with Crippen molar-refractivity contribution >= 4 is 27.5 Å². The predicted octanol–water partition coefficient (Wildman–Crippen LogP) is -0.0380. The van der Waals surface area contributed by atoms with E-state index in [1.54, 1.807) is 6.92 Å². The van der Waals surface area contributed by atoms with E-state index in [1.807, 2.05) is 11.8 Å². The second-order valence-electron chi connectivity index (χ2n) is 5.78. The number of nitrogens with zero attached hydrogens (tertiary/aromatic N) is 2. The number of aryl methyl sites for hydroxylation is 2. The Hall–Kier alpha value is -1.73. The van der Waals surface area contributed by atoms with Crippen molar-refractivity contribution in [3.05, 3.63) is 26.6 Å². The molecule has 0 spiro atoms. The Morgan fingerprint density at radius 3 is 2.68 bits per heavy atom. The molecule has 1 aliphatic heterocycles. The smallest absolute Gasteiger partial charge is 0.264 e. The summed E-state index contributed by atoms with van der Waals surface area (Å²) in [5.74, 6) is 0.616. The molecule has 118 valence electrons. The van der Waals surface area contributed by atoms with Gasteiger partial charge < -0.3 is 14.8 Å². The number of carbonyl (C=O) groups is 1. The average molecular weight is 321 g/mol. The molecule has 1 aliphatic rings. The predicted molar refractivity (Wildman–Crippen MR) is 86.9 cm³/mol. The Bertz CT molecular complexity index is 772. The summed E-state index contributed by atoms with van der Waals surface area (Å²) in [5.41, 5.74) is 0.597. The van der Waals surface area contributed by atoms with Gasteiger partial charge in [-0.15, -0.1) is 11.3 Å². The number of fused-ring (bicyclic) bond motifs is 1. The van der Waals surface area contributed by atoms with Crippen LogP contribution in [0.3, 0.4) is 0 Å². The third-order valence-electron chi connectivity index (χ3n) is 4.37. The summed E-state index contributed by atoms with van der Waals surface area (Å²) in [6.45, 7) is 10.4. The standard InChI is InChI=1S/C15H20N4O2S/c1-4-18-5-7-19(8-6-18)15(21)12-9(2)11-13(20)16-10(3)17-14(11)22-12/h4-8H2,1-3H3,(H,16,17,20)/p+1. The van der Waals surface area contributed by atoms with E-state index in [-0.39, 0.29) is 11.5 Å². The molecule has 22 heavy (non-hydrogen) atoms. The number of carbonyl (C=O) groups excluding carboxylic acids is 1. The molecule has 7 heteroatoms. The highest BCUT2D eigenvalue weighted by atomic mass is 32.1. The van der Waals surface area contributed by atoms with Gasteiger partial charge in [0.25, 0.3) is 11.5 Å². The number of aromatic nitrogens is 2. The first-order chi connectivity index (χ1) is 10.5. The van der Waals surface area contributed by atoms with Crippen molar-refractivity contribution in [3.8, 4) is 0 Å². The van der Waals surface area contributed by atoms with E-state index >= 15 is 0 Å². The second kappa shape index (κ2) is 5.81. The van der Waals surface area contributed by atoms with E-state index in [1.165, 1.54) is 16.2 Å². The SMILES string of the molecule is CC[NH+]1CCN(C(=O)c2sc3nc(C)[nH]c(=O)c3c2C)CC1. The zero-order valence-corrected chi connectivity index (χ0v) is 14.0. The summed E-state index contributed by atoms with van der Waals surface area (Å²) in [7, 11) is 0. The Morgan fingerprint density at radius 1 is 1.36 bits per heavy atom. The van der Waals surface area contributed by atoms with Gasteiger partial charge in [-0.1, -0.05) is 0 Å². The molecule has 0 saturated carbocycles. The molecule has 6 nitrogen and oxygen atoms in total. The summed E-state index contributed by atoms with van der Waals surface area (Å²) in [4.78, 5) is 36.7. The molecule has 0 atom stereocenters. The molecule has 2 N–H and O–H groups in total. The number of quaternary nitrogens is 1. The fourth-order valence-electron chi connectivity index (χ4n) is 2.98. The lowest BCUT2D eigenvalue weighted by atomic mass is 10.2. The maximum absolute atomic E-state index is 12.8. The molecule has 0 aliphatic carbocycles. The second-order valence-corrected chi connectivity index (χ2v) is 6.78. The number of hydrogen-bond acceptors (Lipinski definition) is 4. The maximum Gasteiger partial charge on any atom is 0.264 e. The Kier molecular flexibility index (Phi) is 4.01.